The molecule has 3 heteroatoms. The van der Waals surface area contributed by atoms with Gasteiger partial charge in [0.05, 0.1) is 0 Å². The zero-order valence-electron chi connectivity index (χ0n) is 12.7. The molecule has 0 spiro atoms. The highest BCUT2D eigenvalue weighted by Crippen LogP contribution is 2.13. The van der Waals surface area contributed by atoms with Crippen LogP contribution in [0.2, 0.25) is 0 Å². The Morgan fingerprint density at radius 3 is 2.05 bits per heavy atom. The van der Waals surface area contributed by atoms with Crippen molar-refractivity contribution in [3.8, 4) is 0 Å². The number of benzene rings is 1. The summed E-state index contributed by atoms with van der Waals surface area (Å²) in [5.41, 5.74) is 7.80. The Labute approximate surface area is 129 Å². The minimum absolute atomic E-state index is 0.320. The second-order valence-corrected chi connectivity index (χ2v) is 5.85. The molecule has 0 fully saturated rings. The van der Waals surface area contributed by atoms with E-state index in [9.17, 15) is 0 Å². The van der Waals surface area contributed by atoms with Gasteiger partial charge in [-0.3, -0.25) is 0 Å². The van der Waals surface area contributed by atoms with Gasteiger partial charge in [-0.25, -0.2) is 0 Å². The molecule has 3 N–H and O–H groups in total. The molecule has 20 heavy (non-hydrogen) atoms. The predicted octanol–water partition coefficient (Wildman–Crippen LogP) is 5.03. The van der Waals surface area contributed by atoms with E-state index in [1.165, 1.54) is 63.4 Å². The molecular formula is C17H28N2S. The fourth-order valence-corrected chi connectivity index (χ4v) is 2.48. The summed E-state index contributed by atoms with van der Waals surface area (Å²) in [6.07, 6.45) is 12.1. The third-order valence-corrected chi connectivity index (χ3v) is 3.64. The second kappa shape index (κ2) is 10.7. The predicted molar refractivity (Wildman–Crippen MR) is 93.2 cm³/mol. The maximum Gasteiger partial charge on any atom is 0.168 e. The molecule has 0 heterocycles. The highest BCUT2D eigenvalue weighted by molar-refractivity contribution is 7.80. The van der Waals surface area contributed by atoms with Gasteiger partial charge in [0.15, 0.2) is 5.11 Å². The Morgan fingerprint density at radius 1 is 0.950 bits per heavy atom. The molecule has 0 atom stereocenters. The summed E-state index contributed by atoms with van der Waals surface area (Å²) < 4.78 is 0. The second-order valence-electron chi connectivity index (χ2n) is 5.41. The maximum absolute atomic E-state index is 5.44. The Kier molecular flexibility index (Phi) is 9.05. The van der Waals surface area contributed by atoms with Gasteiger partial charge in [0.2, 0.25) is 0 Å². The van der Waals surface area contributed by atoms with Gasteiger partial charge in [-0.15, -0.1) is 0 Å². The smallest absolute Gasteiger partial charge is 0.168 e. The van der Waals surface area contributed by atoms with Gasteiger partial charge in [-0.2, -0.15) is 0 Å². The first kappa shape index (κ1) is 17.0. The molecule has 2 nitrogen and oxygen atoms in total. The highest BCUT2D eigenvalue weighted by Gasteiger charge is 1.96. The van der Waals surface area contributed by atoms with Crippen molar-refractivity contribution in [2.45, 2.75) is 64.7 Å². The van der Waals surface area contributed by atoms with Gasteiger partial charge >= 0.3 is 0 Å². The molecule has 0 aliphatic carbocycles. The van der Waals surface area contributed by atoms with Crippen LogP contribution in [-0.2, 0) is 6.42 Å². The van der Waals surface area contributed by atoms with Crippen LogP contribution in [0.25, 0.3) is 0 Å². The van der Waals surface area contributed by atoms with Crippen molar-refractivity contribution in [2.75, 3.05) is 5.32 Å². The van der Waals surface area contributed by atoms with Gasteiger partial charge in [0, 0.05) is 5.69 Å². The van der Waals surface area contributed by atoms with Crippen molar-refractivity contribution < 1.29 is 0 Å². The zero-order valence-corrected chi connectivity index (χ0v) is 13.5. The van der Waals surface area contributed by atoms with Crippen molar-refractivity contribution >= 4 is 23.0 Å². The highest BCUT2D eigenvalue weighted by atomic mass is 32.1. The number of hydrogen-bond acceptors (Lipinski definition) is 1. The van der Waals surface area contributed by atoms with E-state index < -0.39 is 0 Å². The first-order valence-corrected chi connectivity index (χ1v) is 8.28. The van der Waals surface area contributed by atoms with Crippen molar-refractivity contribution in [2.24, 2.45) is 5.73 Å². The molecule has 112 valence electrons. The topological polar surface area (TPSA) is 38.0 Å². The molecule has 0 saturated heterocycles. The van der Waals surface area contributed by atoms with E-state index in [1.54, 1.807) is 0 Å². The van der Waals surface area contributed by atoms with E-state index >= 15 is 0 Å². The van der Waals surface area contributed by atoms with Gasteiger partial charge in [0.1, 0.15) is 0 Å². The molecular weight excluding hydrogens is 264 g/mol. The number of aryl methyl sites for hydroxylation is 1. The van der Waals surface area contributed by atoms with Crippen LogP contribution in [0, 0.1) is 0 Å². The van der Waals surface area contributed by atoms with E-state index in [0.717, 1.165) is 5.69 Å². The van der Waals surface area contributed by atoms with E-state index in [-0.39, 0.29) is 0 Å². The number of anilines is 1. The van der Waals surface area contributed by atoms with Crippen LogP contribution in [0.5, 0.6) is 0 Å². The number of nitrogens with one attached hydrogen (secondary N) is 1. The SMILES string of the molecule is CCCCCCCCCCc1ccc(NC(N)=S)cc1. The third-order valence-electron chi connectivity index (χ3n) is 3.54. The molecule has 1 aromatic carbocycles. The quantitative estimate of drug-likeness (QED) is 0.469. The van der Waals surface area contributed by atoms with Crippen LogP contribution in [0.4, 0.5) is 5.69 Å². The van der Waals surface area contributed by atoms with Crippen molar-refractivity contribution in [1.29, 1.82) is 0 Å². The first-order chi connectivity index (χ1) is 9.72. The average molecular weight is 292 g/mol. The molecule has 0 aromatic heterocycles. The van der Waals surface area contributed by atoms with Gasteiger partial charge in [-0.05, 0) is 42.8 Å². The lowest BCUT2D eigenvalue weighted by molar-refractivity contribution is 0.575. The Hall–Kier alpha value is -1.09. The standard InChI is InChI=1S/C17H28N2S/c1-2-3-4-5-6-7-8-9-10-15-11-13-16(14-12-15)19-17(18)20/h11-14H,2-10H2,1H3,(H3,18,19,20). The van der Waals surface area contributed by atoms with Crippen LogP contribution in [-0.4, -0.2) is 5.11 Å². The first-order valence-electron chi connectivity index (χ1n) is 7.87. The number of nitrogens with two attached hydrogens (primary N) is 1. The number of rotatable bonds is 10. The lowest BCUT2D eigenvalue weighted by Crippen LogP contribution is -2.18. The summed E-state index contributed by atoms with van der Waals surface area (Å²) in [5, 5.41) is 3.26. The van der Waals surface area contributed by atoms with E-state index in [2.05, 4.69) is 24.4 Å². The summed E-state index contributed by atoms with van der Waals surface area (Å²) in [6.45, 7) is 2.27. The summed E-state index contributed by atoms with van der Waals surface area (Å²) in [7, 11) is 0. The van der Waals surface area contributed by atoms with Crippen LogP contribution < -0.4 is 11.1 Å². The summed E-state index contributed by atoms with van der Waals surface area (Å²) >= 11 is 4.81. The summed E-state index contributed by atoms with van der Waals surface area (Å²) in [4.78, 5) is 0. The molecule has 1 rings (SSSR count). The van der Waals surface area contributed by atoms with Crippen molar-refractivity contribution in [3.05, 3.63) is 29.8 Å². The zero-order chi connectivity index (χ0) is 14.6. The number of thiocarbonyl (C=S) groups is 1. The Morgan fingerprint density at radius 2 is 1.50 bits per heavy atom. The molecule has 0 amide bonds. The Bertz CT molecular complexity index is 373. The Balaban J connectivity index is 2.08. The van der Waals surface area contributed by atoms with Crippen LogP contribution >= 0.6 is 12.2 Å². The number of hydrogen-bond donors (Lipinski definition) is 2. The van der Waals surface area contributed by atoms with Gasteiger partial charge in [0.25, 0.3) is 0 Å². The fourth-order valence-electron chi connectivity index (χ4n) is 2.36. The molecule has 0 radical (unpaired) electrons. The molecule has 0 saturated carbocycles. The molecule has 0 bridgehead atoms. The molecule has 1 aromatic rings. The lowest BCUT2D eigenvalue weighted by atomic mass is 10.0. The van der Waals surface area contributed by atoms with E-state index in [1.807, 2.05) is 12.1 Å². The van der Waals surface area contributed by atoms with Crippen LogP contribution in [0.15, 0.2) is 24.3 Å². The fraction of sp³-hybridized carbons (Fsp3) is 0.588. The summed E-state index contributed by atoms with van der Waals surface area (Å²) in [5.74, 6) is 0. The lowest BCUT2D eigenvalue weighted by Gasteiger charge is -2.06. The summed E-state index contributed by atoms with van der Waals surface area (Å²) in [6, 6.07) is 8.39. The van der Waals surface area contributed by atoms with Gasteiger partial charge in [-0.1, -0.05) is 64.0 Å². The maximum atomic E-state index is 5.44. The molecule has 0 unspecified atom stereocenters. The molecule has 0 aliphatic rings. The largest absolute Gasteiger partial charge is 0.376 e. The van der Waals surface area contributed by atoms with Crippen LogP contribution in [0.1, 0.15) is 63.9 Å². The van der Waals surface area contributed by atoms with Gasteiger partial charge < -0.3 is 11.1 Å². The third kappa shape index (κ3) is 8.16. The average Bonchev–Trinajstić information content (AvgIpc) is 2.43. The van der Waals surface area contributed by atoms with E-state index in [4.69, 9.17) is 18.0 Å². The minimum Gasteiger partial charge on any atom is -0.376 e. The van der Waals surface area contributed by atoms with Crippen molar-refractivity contribution in [3.63, 3.8) is 0 Å². The van der Waals surface area contributed by atoms with E-state index in [0.29, 0.717) is 5.11 Å². The van der Waals surface area contributed by atoms with Crippen LogP contribution in [0.3, 0.4) is 0 Å². The normalized spacial score (nSPS) is 10.4. The molecule has 0 aliphatic heterocycles. The monoisotopic (exact) mass is 292 g/mol. The minimum atomic E-state index is 0.320. The number of unbranched alkanes of at least 4 members (excludes halogenated alkanes) is 7. The van der Waals surface area contributed by atoms with Crippen molar-refractivity contribution in [1.82, 2.24) is 0 Å².